The van der Waals surface area contributed by atoms with Gasteiger partial charge in [0.05, 0.1) is 17.9 Å². The number of benzene rings is 2. The van der Waals surface area contributed by atoms with E-state index in [9.17, 15) is 14.4 Å². The van der Waals surface area contributed by atoms with E-state index in [2.05, 4.69) is 5.32 Å². The van der Waals surface area contributed by atoms with Crippen molar-refractivity contribution in [3.8, 4) is 5.75 Å². The Labute approximate surface area is 177 Å². The number of piperidine rings is 1. The fraction of sp³-hybridized carbons (Fsp3) is 0.375. The number of ether oxygens (including phenoxy) is 1. The monoisotopic (exact) mass is 408 g/mol. The van der Waals surface area contributed by atoms with Gasteiger partial charge in [-0.2, -0.15) is 0 Å². The maximum absolute atomic E-state index is 12.8. The van der Waals surface area contributed by atoms with Gasteiger partial charge in [0.25, 0.3) is 5.91 Å². The predicted octanol–water partition coefficient (Wildman–Crippen LogP) is 4.31. The van der Waals surface area contributed by atoms with Crippen molar-refractivity contribution in [2.45, 2.75) is 39.0 Å². The maximum Gasteiger partial charge on any atom is 0.255 e. The third-order valence-electron chi connectivity index (χ3n) is 5.15. The van der Waals surface area contributed by atoms with E-state index in [1.807, 2.05) is 17.0 Å². The summed E-state index contributed by atoms with van der Waals surface area (Å²) in [6.45, 7) is 3.45. The number of hydrogen-bond acceptors (Lipinski definition) is 4. The van der Waals surface area contributed by atoms with Crippen LogP contribution in [0.25, 0.3) is 0 Å². The van der Waals surface area contributed by atoms with Gasteiger partial charge in [0.1, 0.15) is 5.75 Å². The zero-order chi connectivity index (χ0) is 21.3. The summed E-state index contributed by atoms with van der Waals surface area (Å²) >= 11 is 0. The van der Waals surface area contributed by atoms with E-state index in [4.69, 9.17) is 4.74 Å². The Kier molecular flexibility index (Phi) is 7.60. The molecule has 0 unspecified atom stereocenters. The molecule has 30 heavy (non-hydrogen) atoms. The molecule has 3 rings (SSSR count). The van der Waals surface area contributed by atoms with Crippen LogP contribution in [0.15, 0.2) is 48.5 Å². The molecule has 1 N–H and O–H groups in total. The molecule has 158 valence electrons. The molecular weight excluding hydrogens is 380 g/mol. The van der Waals surface area contributed by atoms with Gasteiger partial charge in [0, 0.05) is 25.1 Å². The van der Waals surface area contributed by atoms with Crippen LogP contribution in [-0.4, -0.2) is 42.2 Å². The van der Waals surface area contributed by atoms with Crippen molar-refractivity contribution in [1.29, 1.82) is 0 Å². The number of ketones is 1. The van der Waals surface area contributed by atoms with Gasteiger partial charge in [-0.3, -0.25) is 14.4 Å². The molecule has 6 nitrogen and oxygen atoms in total. The van der Waals surface area contributed by atoms with Gasteiger partial charge in [-0.05, 0) is 69.0 Å². The Morgan fingerprint density at radius 3 is 2.37 bits per heavy atom. The van der Waals surface area contributed by atoms with E-state index in [-0.39, 0.29) is 24.0 Å². The molecule has 6 heteroatoms. The van der Waals surface area contributed by atoms with Gasteiger partial charge in [-0.25, -0.2) is 0 Å². The molecule has 0 spiro atoms. The summed E-state index contributed by atoms with van der Waals surface area (Å²) in [5.74, 6) is 0.502. The quantitative estimate of drug-likeness (QED) is 0.522. The minimum Gasteiger partial charge on any atom is -0.494 e. The summed E-state index contributed by atoms with van der Waals surface area (Å²) in [6, 6.07) is 14.1. The molecule has 2 amide bonds. The largest absolute Gasteiger partial charge is 0.494 e. The first-order valence-corrected chi connectivity index (χ1v) is 10.5. The van der Waals surface area contributed by atoms with E-state index in [0.717, 1.165) is 32.4 Å². The average Bonchev–Trinajstić information content (AvgIpc) is 2.77. The second kappa shape index (κ2) is 10.6. The summed E-state index contributed by atoms with van der Waals surface area (Å²) < 4.78 is 5.63. The molecular formula is C24H28N2O4. The van der Waals surface area contributed by atoms with Crippen LogP contribution in [-0.2, 0) is 4.79 Å². The van der Waals surface area contributed by atoms with Gasteiger partial charge in [0.15, 0.2) is 5.78 Å². The number of hydrogen-bond donors (Lipinski definition) is 1. The second-order valence-corrected chi connectivity index (χ2v) is 7.48. The van der Waals surface area contributed by atoms with Gasteiger partial charge >= 0.3 is 0 Å². The first kappa shape index (κ1) is 21.6. The highest BCUT2D eigenvalue weighted by atomic mass is 16.5. The third-order valence-corrected chi connectivity index (χ3v) is 5.15. The zero-order valence-electron chi connectivity index (χ0n) is 17.4. The number of Topliss-reactive ketones (excluding diaryl/α,β-unsaturated/α-hetero) is 1. The number of para-hydroxylation sites is 1. The van der Waals surface area contributed by atoms with Crippen LogP contribution in [0.4, 0.5) is 5.69 Å². The fourth-order valence-corrected chi connectivity index (χ4v) is 3.47. The minimum atomic E-state index is -0.149. The van der Waals surface area contributed by atoms with Crippen LogP contribution >= 0.6 is 0 Å². The molecule has 1 saturated heterocycles. The topological polar surface area (TPSA) is 75.7 Å². The standard InChI is InChI=1S/C24H28N2O4/c1-18(27)19-11-13-20(14-12-19)30-17-7-10-23(28)25-22-9-4-3-8-21(22)24(29)26-15-5-2-6-16-26/h3-4,8-9,11-14H,2,5-7,10,15-17H2,1H3,(H,25,28). The van der Waals surface area contributed by atoms with E-state index in [1.165, 1.54) is 6.92 Å². The van der Waals surface area contributed by atoms with Crippen molar-refractivity contribution in [3.05, 3.63) is 59.7 Å². The van der Waals surface area contributed by atoms with E-state index in [0.29, 0.717) is 35.6 Å². The normalized spacial score (nSPS) is 13.6. The lowest BCUT2D eigenvalue weighted by Gasteiger charge is -2.27. The van der Waals surface area contributed by atoms with Crippen LogP contribution in [0.2, 0.25) is 0 Å². The van der Waals surface area contributed by atoms with Crippen molar-refractivity contribution < 1.29 is 19.1 Å². The summed E-state index contributed by atoms with van der Waals surface area (Å²) in [5, 5.41) is 2.87. The Morgan fingerprint density at radius 1 is 0.967 bits per heavy atom. The molecule has 0 bridgehead atoms. The van der Waals surface area contributed by atoms with Crippen molar-refractivity contribution in [2.24, 2.45) is 0 Å². The SMILES string of the molecule is CC(=O)c1ccc(OCCCC(=O)Nc2ccccc2C(=O)N2CCCCC2)cc1. The molecule has 2 aromatic carbocycles. The van der Waals surface area contributed by atoms with E-state index >= 15 is 0 Å². The first-order chi connectivity index (χ1) is 14.5. The summed E-state index contributed by atoms with van der Waals surface area (Å²) in [7, 11) is 0. The molecule has 1 aliphatic rings. The third kappa shape index (κ3) is 5.92. The highest BCUT2D eigenvalue weighted by Crippen LogP contribution is 2.20. The van der Waals surface area contributed by atoms with Crippen molar-refractivity contribution in [1.82, 2.24) is 4.90 Å². The smallest absolute Gasteiger partial charge is 0.255 e. The number of amides is 2. The van der Waals surface area contributed by atoms with E-state index < -0.39 is 0 Å². The van der Waals surface area contributed by atoms with Crippen LogP contribution in [0.1, 0.15) is 59.7 Å². The zero-order valence-corrected chi connectivity index (χ0v) is 17.4. The molecule has 2 aromatic rings. The number of carbonyl (C=O) groups excluding carboxylic acids is 3. The fourth-order valence-electron chi connectivity index (χ4n) is 3.47. The maximum atomic E-state index is 12.8. The van der Waals surface area contributed by atoms with Gasteiger partial charge in [-0.15, -0.1) is 0 Å². The molecule has 0 saturated carbocycles. The molecule has 1 aliphatic heterocycles. The molecule has 1 heterocycles. The van der Waals surface area contributed by atoms with Crippen molar-refractivity contribution in [2.75, 3.05) is 25.0 Å². The van der Waals surface area contributed by atoms with Gasteiger partial charge < -0.3 is 15.0 Å². The molecule has 0 aliphatic carbocycles. The lowest BCUT2D eigenvalue weighted by Crippen LogP contribution is -2.36. The highest BCUT2D eigenvalue weighted by Gasteiger charge is 2.21. The number of likely N-dealkylation sites (tertiary alicyclic amines) is 1. The molecule has 0 radical (unpaired) electrons. The number of rotatable bonds is 8. The number of carbonyl (C=O) groups is 3. The Balaban J connectivity index is 1.48. The lowest BCUT2D eigenvalue weighted by molar-refractivity contribution is -0.116. The Bertz CT molecular complexity index is 886. The number of nitrogens with one attached hydrogen (secondary N) is 1. The predicted molar refractivity (Wildman–Crippen MR) is 116 cm³/mol. The number of anilines is 1. The first-order valence-electron chi connectivity index (χ1n) is 10.5. The lowest BCUT2D eigenvalue weighted by atomic mass is 10.1. The van der Waals surface area contributed by atoms with Crippen LogP contribution in [0.3, 0.4) is 0 Å². The number of nitrogens with zero attached hydrogens (tertiary/aromatic N) is 1. The molecule has 1 fully saturated rings. The summed E-state index contributed by atoms with van der Waals surface area (Å²) in [4.78, 5) is 38.3. The summed E-state index contributed by atoms with van der Waals surface area (Å²) in [5.41, 5.74) is 1.73. The van der Waals surface area contributed by atoms with E-state index in [1.54, 1.807) is 36.4 Å². The molecule has 0 atom stereocenters. The highest BCUT2D eigenvalue weighted by molar-refractivity contribution is 6.03. The molecule has 0 aromatic heterocycles. The van der Waals surface area contributed by atoms with Crippen LogP contribution < -0.4 is 10.1 Å². The van der Waals surface area contributed by atoms with Crippen LogP contribution in [0, 0.1) is 0 Å². The summed E-state index contributed by atoms with van der Waals surface area (Å²) in [6.07, 6.45) is 4.04. The van der Waals surface area contributed by atoms with Crippen molar-refractivity contribution in [3.63, 3.8) is 0 Å². The second-order valence-electron chi connectivity index (χ2n) is 7.48. The van der Waals surface area contributed by atoms with Gasteiger partial charge in [0.2, 0.25) is 5.91 Å². The Hall–Kier alpha value is -3.15. The van der Waals surface area contributed by atoms with Crippen molar-refractivity contribution >= 4 is 23.3 Å². The minimum absolute atomic E-state index is 0.0114. The average molecular weight is 408 g/mol. The van der Waals surface area contributed by atoms with Crippen LogP contribution in [0.5, 0.6) is 5.75 Å². The Morgan fingerprint density at radius 2 is 1.67 bits per heavy atom. The van der Waals surface area contributed by atoms with Gasteiger partial charge in [-0.1, -0.05) is 12.1 Å².